The molecule has 0 spiro atoms. The van der Waals surface area contributed by atoms with Crippen LogP contribution in [0.2, 0.25) is 0 Å². The normalized spacial score (nSPS) is 12.7. The van der Waals surface area contributed by atoms with Crippen LogP contribution < -0.4 is 5.32 Å². The minimum Gasteiger partial charge on any atom is -0.310 e. The first-order valence-corrected chi connectivity index (χ1v) is 7.83. The Morgan fingerprint density at radius 1 is 1.28 bits per heavy atom. The summed E-state index contributed by atoms with van der Waals surface area (Å²) in [7, 11) is 0. The van der Waals surface area contributed by atoms with E-state index in [9.17, 15) is 4.39 Å². The zero-order valence-electron chi connectivity index (χ0n) is 11.6. The molecule has 1 N–H and O–H groups in total. The number of thioether (sulfide) groups is 1. The molecule has 0 aliphatic rings. The molecule has 1 atom stereocenters. The van der Waals surface area contributed by atoms with Gasteiger partial charge in [0.05, 0.1) is 0 Å². The molecular weight excluding hydrogens is 245 g/mol. The Labute approximate surface area is 115 Å². The Morgan fingerprint density at radius 2 is 2.06 bits per heavy atom. The van der Waals surface area contributed by atoms with Gasteiger partial charge in [0.2, 0.25) is 0 Å². The molecular formula is C15H24FNS. The van der Waals surface area contributed by atoms with Crippen LogP contribution in [0.4, 0.5) is 4.39 Å². The smallest absolute Gasteiger partial charge is 0.137 e. The lowest BCUT2D eigenvalue weighted by molar-refractivity contribution is 0.556. The van der Waals surface area contributed by atoms with Crippen LogP contribution in [0, 0.1) is 5.82 Å². The molecule has 1 nitrogen and oxygen atoms in total. The van der Waals surface area contributed by atoms with Gasteiger partial charge in [-0.15, -0.1) is 11.8 Å². The van der Waals surface area contributed by atoms with E-state index in [4.69, 9.17) is 0 Å². The number of benzene rings is 1. The fourth-order valence-electron chi connectivity index (χ4n) is 1.71. The molecule has 102 valence electrons. The minimum absolute atomic E-state index is 0.0845. The van der Waals surface area contributed by atoms with Crippen LogP contribution >= 0.6 is 11.8 Å². The SMILES string of the molecule is CCCCSc1ccc(C(C)NCCC)cc1F. The highest BCUT2D eigenvalue weighted by Crippen LogP contribution is 2.25. The van der Waals surface area contributed by atoms with Gasteiger partial charge in [0, 0.05) is 10.9 Å². The third kappa shape index (κ3) is 4.99. The molecule has 0 heterocycles. The summed E-state index contributed by atoms with van der Waals surface area (Å²) in [4.78, 5) is 0.773. The maximum absolute atomic E-state index is 13.9. The van der Waals surface area contributed by atoms with Gasteiger partial charge >= 0.3 is 0 Å². The largest absolute Gasteiger partial charge is 0.310 e. The van der Waals surface area contributed by atoms with Crippen molar-refractivity contribution in [2.45, 2.75) is 51.0 Å². The maximum atomic E-state index is 13.9. The van der Waals surface area contributed by atoms with Crippen molar-refractivity contribution in [2.24, 2.45) is 0 Å². The van der Waals surface area contributed by atoms with E-state index in [0.717, 1.165) is 42.0 Å². The second kappa shape index (κ2) is 8.54. The first-order valence-electron chi connectivity index (χ1n) is 6.84. The topological polar surface area (TPSA) is 12.0 Å². The molecule has 0 fully saturated rings. The van der Waals surface area contributed by atoms with E-state index in [2.05, 4.69) is 26.1 Å². The fraction of sp³-hybridized carbons (Fsp3) is 0.600. The predicted octanol–water partition coefficient (Wildman–Crippen LogP) is 4.78. The van der Waals surface area contributed by atoms with Crippen LogP contribution in [0.5, 0.6) is 0 Å². The van der Waals surface area contributed by atoms with Crippen molar-refractivity contribution in [2.75, 3.05) is 12.3 Å². The van der Waals surface area contributed by atoms with E-state index >= 15 is 0 Å². The lowest BCUT2D eigenvalue weighted by Gasteiger charge is -2.14. The minimum atomic E-state index is -0.0845. The van der Waals surface area contributed by atoms with Crippen LogP contribution in [0.3, 0.4) is 0 Å². The van der Waals surface area contributed by atoms with Gasteiger partial charge in [0.25, 0.3) is 0 Å². The summed E-state index contributed by atoms with van der Waals surface area (Å²) in [5, 5.41) is 3.37. The summed E-state index contributed by atoms with van der Waals surface area (Å²) >= 11 is 1.61. The average molecular weight is 269 g/mol. The van der Waals surface area contributed by atoms with Crippen LogP contribution in [-0.2, 0) is 0 Å². The van der Waals surface area contributed by atoms with Gasteiger partial charge in [-0.05, 0) is 49.8 Å². The third-order valence-electron chi connectivity index (χ3n) is 2.91. The molecule has 0 saturated carbocycles. The number of hydrogen-bond donors (Lipinski definition) is 1. The van der Waals surface area contributed by atoms with E-state index in [0.29, 0.717) is 0 Å². The van der Waals surface area contributed by atoms with E-state index < -0.39 is 0 Å². The van der Waals surface area contributed by atoms with E-state index in [-0.39, 0.29) is 11.9 Å². The highest BCUT2D eigenvalue weighted by atomic mass is 32.2. The van der Waals surface area contributed by atoms with Gasteiger partial charge in [0.15, 0.2) is 0 Å². The number of nitrogens with one attached hydrogen (secondary N) is 1. The van der Waals surface area contributed by atoms with Crippen molar-refractivity contribution in [1.82, 2.24) is 5.32 Å². The summed E-state index contributed by atoms with van der Waals surface area (Å²) in [5.74, 6) is 0.912. The lowest BCUT2D eigenvalue weighted by Crippen LogP contribution is -2.19. The molecule has 1 rings (SSSR count). The van der Waals surface area contributed by atoms with Gasteiger partial charge in [-0.3, -0.25) is 0 Å². The van der Waals surface area contributed by atoms with Gasteiger partial charge in [-0.25, -0.2) is 4.39 Å². The van der Waals surface area contributed by atoms with Crippen LogP contribution in [-0.4, -0.2) is 12.3 Å². The van der Waals surface area contributed by atoms with E-state index in [1.54, 1.807) is 17.8 Å². The molecule has 1 unspecified atom stereocenters. The monoisotopic (exact) mass is 269 g/mol. The maximum Gasteiger partial charge on any atom is 0.137 e. The van der Waals surface area contributed by atoms with Crippen molar-refractivity contribution in [1.29, 1.82) is 0 Å². The van der Waals surface area contributed by atoms with Gasteiger partial charge in [0.1, 0.15) is 5.82 Å². The summed E-state index contributed by atoms with van der Waals surface area (Å²) < 4.78 is 13.9. The highest BCUT2D eigenvalue weighted by Gasteiger charge is 2.08. The van der Waals surface area contributed by atoms with E-state index in [1.807, 2.05) is 12.1 Å². The van der Waals surface area contributed by atoms with Crippen molar-refractivity contribution in [3.05, 3.63) is 29.6 Å². The lowest BCUT2D eigenvalue weighted by atomic mass is 10.1. The number of hydrogen-bond acceptors (Lipinski definition) is 2. The molecule has 0 aliphatic carbocycles. The van der Waals surface area contributed by atoms with Crippen LogP contribution in [0.1, 0.15) is 51.6 Å². The molecule has 0 aromatic heterocycles. The molecule has 1 aromatic carbocycles. The Bertz CT molecular complexity index is 354. The standard InChI is InChI=1S/C15H24FNS/c1-4-6-10-18-15-8-7-13(11-14(15)16)12(3)17-9-5-2/h7-8,11-12,17H,4-6,9-10H2,1-3H3. The summed E-state index contributed by atoms with van der Waals surface area (Å²) in [5.41, 5.74) is 1.03. The van der Waals surface area contributed by atoms with E-state index in [1.165, 1.54) is 0 Å². The Kier molecular flexibility index (Phi) is 7.36. The molecule has 3 heteroatoms. The summed E-state index contributed by atoms with van der Waals surface area (Å²) in [6, 6.07) is 5.83. The van der Waals surface area contributed by atoms with Gasteiger partial charge in [-0.1, -0.05) is 26.3 Å². The Morgan fingerprint density at radius 3 is 2.67 bits per heavy atom. The molecule has 0 bridgehead atoms. The average Bonchev–Trinajstić information content (AvgIpc) is 2.38. The Hall–Kier alpha value is -0.540. The second-order valence-corrected chi connectivity index (χ2v) is 5.70. The molecule has 0 saturated heterocycles. The van der Waals surface area contributed by atoms with Gasteiger partial charge < -0.3 is 5.32 Å². The zero-order chi connectivity index (χ0) is 13.4. The van der Waals surface area contributed by atoms with Crippen LogP contribution in [0.15, 0.2) is 23.1 Å². The molecule has 18 heavy (non-hydrogen) atoms. The molecule has 0 amide bonds. The predicted molar refractivity (Wildman–Crippen MR) is 78.7 cm³/mol. The van der Waals surface area contributed by atoms with Crippen molar-refractivity contribution < 1.29 is 4.39 Å². The molecule has 0 radical (unpaired) electrons. The molecule has 1 aromatic rings. The quantitative estimate of drug-likeness (QED) is 0.538. The van der Waals surface area contributed by atoms with Crippen molar-refractivity contribution >= 4 is 11.8 Å². The third-order valence-corrected chi connectivity index (χ3v) is 4.05. The zero-order valence-corrected chi connectivity index (χ0v) is 12.4. The highest BCUT2D eigenvalue weighted by molar-refractivity contribution is 7.99. The summed E-state index contributed by atoms with van der Waals surface area (Å²) in [6.45, 7) is 7.33. The number of halogens is 1. The first-order chi connectivity index (χ1) is 8.69. The van der Waals surface area contributed by atoms with Gasteiger partial charge in [-0.2, -0.15) is 0 Å². The number of rotatable bonds is 8. The molecule has 0 aliphatic heterocycles. The van der Waals surface area contributed by atoms with Crippen LogP contribution in [0.25, 0.3) is 0 Å². The number of unbranched alkanes of at least 4 members (excludes halogenated alkanes) is 1. The second-order valence-electron chi connectivity index (χ2n) is 4.57. The first kappa shape index (κ1) is 15.5. The Balaban J connectivity index is 2.60. The fourth-order valence-corrected chi connectivity index (χ4v) is 2.72. The van der Waals surface area contributed by atoms with Crippen molar-refractivity contribution in [3.63, 3.8) is 0 Å². The summed E-state index contributed by atoms with van der Waals surface area (Å²) in [6.07, 6.45) is 3.39. The van der Waals surface area contributed by atoms with Crippen molar-refractivity contribution in [3.8, 4) is 0 Å².